The van der Waals surface area contributed by atoms with Crippen molar-refractivity contribution in [1.29, 1.82) is 0 Å². The third-order valence-electron chi connectivity index (χ3n) is 3.27. The Labute approximate surface area is 84.6 Å². The van der Waals surface area contributed by atoms with Gasteiger partial charge in [0.1, 0.15) is 0 Å². The number of carbonyl (C=O) groups excluding carboxylic acids is 1. The monoisotopic (exact) mass is 205 g/mol. The van der Waals surface area contributed by atoms with Gasteiger partial charge in [-0.05, 0) is 32.7 Å². The maximum absolute atomic E-state index is 11.5. The highest BCUT2D eigenvalue weighted by atomic mass is 35.5. The van der Waals surface area contributed by atoms with E-state index in [-0.39, 0.29) is 23.8 Å². The molecule has 3 nitrogen and oxygen atoms in total. The third-order valence-corrected chi connectivity index (χ3v) is 3.27. The van der Waals surface area contributed by atoms with Crippen molar-refractivity contribution in [2.75, 3.05) is 13.2 Å². The van der Waals surface area contributed by atoms with Crippen LogP contribution in [0, 0.1) is 5.41 Å². The van der Waals surface area contributed by atoms with Crippen LogP contribution in [0.4, 0.5) is 0 Å². The molecule has 0 radical (unpaired) electrons. The fraction of sp³-hybridized carbons (Fsp3) is 0.889. The molecule has 0 bridgehead atoms. The molecule has 0 aliphatic carbocycles. The van der Waals surface area contributed by atoms with Gasteiger partial charge in [0.2, 0.25) is 0 Å². The summed E-state index contributed by atoms with van der Waals surface area (Å²) < 4.78 is 5.04. The maximum Gasteiger partial charge on any atom is 0.313 e. The molecule has 2 unspecified atom stereocenters. The van der Waals surface area contributed by atoms with Crippen molar-refractivity contribution >= 4 is 18.4 Å². The van der Waals surface area contributed by atoms with E-state index in [4.69, 9.17) is 4.74 Å². The molecule has 2 atom stereocenters. The fourth-order valence-corrected chi connectivity index (χ4v) is 2.33. The molecule has 2 aliphatic heterocycles. The molecule has 0 amide bonds. The molecule has 2 aliphatic rings. The lowest BCUT2D eigenvalue weighted by Crippen LogP contribution is -2.50. The molecule has 0 aromatic carbocycles. The van der Waals surface area contributed by atoms with Gasteiger partial charge in [-0.2, -0.15) is 0 Å². The van der Waals surface area contributed by atoms with Crippen molar-refractivity contribution in [1.82, 2.24) is 5.32 Å². The van der Waals surface area contributed by atoms with Crippen molar-refractivity contribution in [2.24, 2.45) is 5.41 Å². The van der Waals surface area contributed by atoms with Crippen LogP contribution >= 0.6 is 12.4 Å². The highest BCUT2D eigenvalue weighted by molar-refractivity contribution is 5.85. The summed E-state index contributed by atoms with van der Waals surface area (Å²) in [5, 5.41) is 3.34. The zero-order valence-corrected chi connectivity index (χ0v) is 8.65. The van der Waals surface area contributed by atoms with E-state index in [2.05, 4.69) is 12.2 Å². The molecule has 2 fully saturated rings. The van der Waals surface area contributed by atoms with Crippen LogP contribution in [0.3, 0.4) is 0 Å². The number of rotatable bonds is 0. The lowest BCUT2D eigenvalue weighted by Gasteiger charge is -2.36. The van der Waals surface area contributed by atoms with Gasteiger partial charge in [-0.1, -0.05) is 0 Å². The quantitative estimate of drug-likeness (QED) is 0.603. The van der Waals surface area contributed by atoms with Crippen molar-refractivity contribution in [2.45, 2.75) is 32.2 Å². The molecule has 13 heavy (non-hydrogen) atoms. The Balaban J connectivity index is 0.000000845. The predicted octanol–water partition coefficient (Wildman–Crippen LogP) is 1.11. The molecule has 0 aromatic heterocycles. The molecule has 2 heterocycles. The number of nitrogens with one attached hydrogen (secondary N) is 1. The van der Waals surface area contributed by atoms with Gasteiger partial charge in [0.15, 0.2) is 0 Å². The molecular weight excluding hydrogens is 190 g/mol. The number of hydrogen-bond donors (Lipinski definition) is 1. The van der Waals surface area contributed by atoms with Gasteiger partial charge < -0.3 is 10.1 Å². The first-order valence-electron chi connectivity index (χ1n) is 4.66. The Bertz CT molecular complexity index is 210. The first kappa shape index (κ1) is 10.8. The Morgan fingerprint density at radius 2 is 2.31 bits per heavy atom. The number of ether oxygens (including phenoxy) is 1. The van der Waals surface area contributed by atoms with Crippen LogP contribution in [-0.2, 0) is 9.53 Å². The summed E-state index contributed by atoms with van der Waals surface area (Å²) in [7, 11) is 0. The number of piperidine rings is 1. The second-order valence-corrected chi connectivity index (χ2v) is 3.82. The van der Waals surface area contributed by atoms with Crippen molar-refractivity contribution in [3.8, 4) is 0 Å². The summed E-state index contributed by atoms with van der Waals surface area (Å²) in [4.78, 5) is 11.5. The van der Waals surface area contributed by atoms with Crippen LogP contribution in [0.25, 0.3) is 0 Å². The summed E-state index contributed by atoms with van der Waals surface area (Å²) in [6, 6.07) is 0.293. The van der Waals surface area contributed by atoms with Crippen molar-refractivity contribution in [3.63, 3.8) is 0 Å². The molecule has 0 saturated carbocycles. The lowest BCUT2D eigenvalue weighted by molar-refractivity contribution is -0.148. The van der Waals surface area contributed by atoms with Crippen LogP contribution in [0.15, 0.2) is 0 Å². The standard InChI is InChI=1S/C9H15NO2.ClH/c1-7-9(3-2-5-10-7)4-6-12-8(9)11;/h7,10H,2-6H2,1H3;1H. The fourth-order valence-electron chi connectivity index (χ4n) is 2.33. The van der Waals surface area contributed by atoms with Gasteiger partial charge in [0.25, 0.3) is 0 Å². The van der Waals surface area contributed by atoms with Gasteiger partial charge in [-0.15, -0.1) is 12.4 Å². The molecule has 1 spiro atoms. The van der Waals surface area contributed by atoms with E-state index < -0.39 is 0 Å². The largest absolute Gasteiger partial charge is 0.465 e. The van der Waals surface area contributed by atoms with Gasteiger partial charge in [-0.3, -0.25) is 4.79 Å². The van der Waals surface area contributed by atoms with Gasteiger partial charge in [-0.25, -0.2) is 0 Å². The smallest absolute Gasteiger partial charge is 0.313 e. The Morgan fingerprint density at radius 3 is 2.85 bits per heavy atom. The predicted molar refractivity (Wildman–Crippen MR) is 52.0 cm³/mol. The summed E-state index contributed by atoms with van der Waals surface area (Å²) in [5.74, 6) is 0.0159. The molecule has 1 N–H and O–H groups in total. The highest BCUT2D eigenvalue weighted by Gasteiger charge is 2.49. The van der Waals surface area contributed by atoms with E-state index in [1.807, 2.05) is 0 Å². The minimum Gasteiger partial charge on any atom is -0.465 e. The minimum absolute atomic E-state index is 0. The van der Waals surface area contributed by atoms with Crippen LogP contribution < -0.4 is 5.32 Å². The minimum atomic E-state index is -0.182. The highest BCUT2D eigenvalue weighted by Crippen LogP contribution is 2.40. The van der Waals surface area contributed by atoms with Crippen molar-refractivity contribution in [3.05, 3.63) is 0 Å². The van der Waals surface area contributed by atoms with Gasteiger partial charge in [0, 0.05) is 6.04 Å². The van der Waals surface area contributed by atoms with E-state index in [1.54, 1.807) is 0 Å². The molecule has 2 saturated heterocycles. The topological polar surface area (TPSA) is 38.3 Å². The number of esters is 1. The normalized spacial score (nSPS) is 38.5. The van der Waals surface area contributed by atoms with E-state index in [0.717, 1.165) is 25.8 Å². The second kappa shape index (κ2) is 3.84. The SMILES string of the molecule is CC1NCCCC12CCOC2=O.Cl. The Hall–Kier alpha value is -0.280. The number of carbonyl (C=O) groups is 1. The molecular formula is C9H16ClNO2. The van der Waals surface area contributed by atoms with E-state index in [0.29, 0.717) is 12.6 Å². The van der Waals surface area contributed by atoms with Crippen LogP contribution in [0.1, 0.15) is 26.2 Å². The van der Waals surface area contributed by atoms with Crippen molar-refractivity contribution < 1.29 is 9.53 Å². The average molecular weight is 206 g/mol. The van der Waals surface area contributed by atoms with Crippen LogP contribution in [-0.4, -0.2) is 25.2 Å². The summed E-state index contributed by atoms with van der Waals surface area (Å²) in [5.41, 5.74) is -0.182. The second-order valence-electron chi connectivity index (χ2n) is 3.82. The molecule has 2 rings (SSSR count). The van der Waals surface area contributed by atoms with Crippen LogP contribution in [0.5, 0.6) is 0 Å². The summed E-state index contributed by atoms with van der Waals surface area (Å²) >= 11 is 0. The molecule has 76 valence electrons. The first-order chi connectivity index (χ1) is 5.76. The summed E-state index contributed by atoms with van der Waals surface area (Å²) in [6.45, 7) is 3.74. The van der Waals surface area contributed by atoms with Gasteiger partial charge in [0.05, 0.1) is 12.0 Å². The average Bonchev–Trinajstić information content (AvgIpc) is 2.41. The third kappa shape index (κ3) is 1.55. The van der Waals surface area contributed by atoms with E-state index in [9.17, 15) is 4.79 Å². The number of cyclic esters (lactones) is 1. The maximum atomic E-state index is 11.5. The zero-order chi connectivity index (χ0) is 8.60. The van der Waals surface area contributed by atoms with Crippen LogP contribution in [0.2, 0.25) is 0 Å². The zero-order valence-electron chi connectivity index (χ0n) is 7.84. The summed E-state index contributed by atoms with van der Waals surface area (Å²) in [6.07, 6.45) is 3.00. The van der Waals surface area contributed by atoms with E-state index >= 15 is 0 Å². The Kier molecular flexibility index (Phi) is 3.19. The lowest BCUT2D eigenvalue weighted by atomic mass is 9.74. The van der Waals surface area contributed by atoms with E-state index in [1.165, 1.54) is 0 Å². The Morgan fingerprint density at radius 1 is 1.54 bits per heavy atom. The van der Waals surface area contributed by atoms with Gasteiger partial charge >= 0.3 is 5.97 Å². The number of hydrogen-bond acceptors (Lipinski definition) is 3. The molecule has 0 aromatic rings. The number of halogens is 1. The first-order valence-corrected chi connectivity index (χ1v) is 4.66. The molecule has 4 heteroatoms.